The van der Waals surface area contributed by atoms with Crippen molar-refractivity contribution in [3.8, 4) is 5.75 Å². The number of carbonyl (C=O) groups is 1. The van der Waals surface area contributed by atoms with Gasteiger partial charge in [0.25, 0.3) is 0 Å². The molecule has 41 heavy (non-hydrogen) atoms. The largest absolute Gasteiger partial charge is 0.462 e. The van der Waals surface area contributed by atoms with E-state index < -0.39 is 56.6 Å². The summed E-state index contributed by atoms with van der Waals surface area (Å²) >= 11 is 0. The van der Waals surface area contributed by atoms with Gasteiger partial charge in [-0.15, -0.1) is 0 Å². The molecule has 1 aliphatic carbocycles. The monoisotopic (exact) mass is 592 g/mol. The van der Waals surface area contributed by atoms with Gasteiger partial charge in [0.1, 0.15) is 30.3 Å². The van der Waals surface area contributed by atoms with E-state index in [2.05, 4.69) is 25.4 Å². The number of anilines is 1. The molecule has 5 rings (SSSR count). The molecule has 2 aliphatic rings. The standard InChI is InChI=1S/C26H34FN6O7P/c1-15(2)38-24(35)16(3)32-41(36,40-18-8-6-5-7-9-18)37-12-19-21(34)26(4,27)25(39-19)33-14-30-20-22(31-17-10-11-17)28-13-29-23(20)33/h5-9,13-17,19,21,25,34H,10-12H2,1-4H3,(H,32,36)(H,28,29,31)/t16-,19+,21+,25+,26+,41-/m0/s1. The zero-order chi connectivity index (χ0) is 29.4. The Morgan fingerprint density at radius 2 is 1.98 bits per heavy atom. The lowest BCUT2D eigenvalue weighted by atomic mass is 9.98. The van der Waals surface area contributed by atoms with Crippen LogP contribution in [0.4, 0.5) is 10.2 Å². The molecule has 2 fully saturated rings. The van der Waals surface area contributed by atoms with Gasteiger partial charge in [-0.05, 0) is 52.7 Å². The highest BCUT2D eigenvalue weighted by molar-refractivity contribution is 7.52. The molecule has 13 nitrogen and oxygen atoms in total. The Balaban J connectivity index is 1.34. The lowest BCUT2D eigenvalue weighted by Crippen LogP contribution is -2.41. The van der Waals surface area contributed by atoms with Gasteiger partial charge in [-0.1, -0.05) is 18.2 Å². The average Bonchev–Trinajstić information content (AvgIpc) is 3.58. The Kier molecular flexibility index (Phi) is 8.31. The first-order valence-electron chi connectivity index (χ1n) is 13.4. The van der Waals surface area contributed by atoms with E-state index in [4.69, 9.17) is 18.5 Å². The number of hydrogen-bond donors (Lipinski definition) is 3. The number of ether oxygens (including phenoxy) is 2. The maximum Gasteiger partial charge on any atom is 0.459 e. The Morgan fingerprint density at radius 3 is 2.66 bits per heavy atom. The van der Waals surface area contributed by atoms with Crippen molar-refractivity contribution >= 4 is 30.7 Å². The molecule has 0 unspecified atom stereocenters. The second-order valence-electron chi connectivity index (χ2n) is 10.6. The summed E-state index contributed by atoms with van der Waals surface area (Å²) in [6, 6.07) is 7.44. The van der Waals surface area contributed by atoms with Crippen LogP contribution in [0, 0.1) is 0 Å². The second kappa shape index (κ2) is 11.6. The predicted molar refractivity (Wildman–Crippen MR) is 146 cm³/mol. The molecule has 0 radical (unpaired) electrons. The number of rotatable bonds is 12. The summed E-state index contributed by atoms with van der Waals surface area (Å²) in [5, 5.41) is 16.8. The number of benzene rings is 1. The normalized spacial score (nSPS) is 26.6. The maximum absolute atomic E-state index is 16.0. The summed E-state index contributed by atoms with van der Waals surface area (Å²) in [5.41, 5.74) is -1.54. The number of carbonyl (C=O) groups excluding carboxylic acids is 1. The minimum atomic E-state index is -4.26. The average molecular weight is 593 g/mol. The lowest BCUT2D eigenvalue weighted by molar-refractivity contribution is -0.149. The van der Waals surface area contributed by atoms with E-state index in [0.29, 0.717) is 23.0 Å². The molecule has 15 heteroatoms. The number of nitrogens with zero attached hydrogens (tertiary/aromatic N) is 4. The van der Waals surface area contributed by atoms with Gasteiger partial charge < -0.3 is 24.4 Å². The number of aliphatic hydroxyl groups excluding tert-OH is 1. The van der Waals surface area contributed by atoms with Crippen molar-refractivity contribution in [3.63, 3.8) is 0 Å². The van der Waals surface area contributed by atoms with Crippen LogP contribution >= 0.6 is 7.75 Å². The Bertz CT molecular complexity index is 1420. The van der Waals surface area contributed by atoms with Crippen molar-refractivity contribution in [2.24, 2.45) is 0 Å². The number of nitrogens with one attached hydrogen (secondary N) is 2. The summed E-state index contributed by atoms with van der Waals surface area (Å²) < 4.78 is 53.6. The maximum atomic E-state index is 16.0. The van der Waals surface area contributed by atoms with Crippen LogP contribution in [0.2, 0.25) is 0 Å². The fraction of sp³-hybridized carbons (Fsp3) is 0.538. The van der Waals surface area contributed by atoms with Gasteiger partial charge in [0, 0.05) is 6.04 Å². The van der Waals surface area contributed by atoms with Crippen molar-refractivity contribution in [2.45, 2.75) is 82.8 Å². The fourth-order valence-electron chi connectivity index (χ4n) is 4.41. The van der Waals surface area contributed by atoms with Crippen molar-refractivity contribution < 1.29 is 37.4 Å². The number of para-hydroxylation sites is 1. The van der Waals surface area contributed by atoms with Gasteiger partial charge in [0.2, 0.25) is 0 Å². The highest BCUT2D eigenvalue weighted by atomic mass is 31.2. The molecule has 1 aromatic carbocycles. The van der Waals surface area contributed by atoms with E-state index in [1.165, 1.54) is 31.1 Å². The molecule has 6 atom stereocenters. The van der Waals surface area contributed by atoms with Crippen molar-refractivity contribution in [1.82, 2.24) is 24.6 Å². The van der Waals surface area contributed by atoms with E-state index in [-0.39, 0.29) is 5.75 Å². The van der Waals surface area contributed by atoms with Crippen molar-refractivity contribution in [3.05, 3.63) is 43.0 Å². The summed E-state index contributed by atoms with van der Waals surface area (Å²) in [4.78, 5) is 25.3. The van der Waals surface area contributed by atoms with Crippen LogP contribution in [0.15, 0.2) is 43.0 Å². The predicted octanol–water partition coefficient (Wildman–Crippen LogP) is 3.52. The fourth-order valence-corrected chi connectivity index (χ4v) is 5.91. The minimum Gasteiger partial charge on any atom is -0.462 e. The first-order valence-corrected chi connectivity index (χ1v) is 14.9. The molecule has 0 spiro atoms. The Hall–Kier alpha value is -3.16. The van der Waals surface area contributed by atoms with Crippen LogP contribution in [0.3, 0.4) is 0 Å². The van der Waals surface area contributed by atoms with Crippen LogP contribution in [0.25, 0.3) is 11.2 Å². The molecule has 1 saturated heterocycles. The summed E-state index contributed by atoms with van der Waals surface area (Å²) in [6.07, 6.45) is 0.118. The number of alkyl halides is 1. The van der Waals surface area contributed by atoms with Gasteiger partial charge in [-0.25, -0.2) is 23.9 Å². The Morgan fingerprint density at radius 1 is 1.24 bits per heavy atom. The molecule has 3 aromatic rings. The van der Waals surface area contributed by atoms with E-state index in [9.17, 15) is 14.5 Å². The van der Waals surface area contributed by atoms with Gasteiger partial charge in [0.05, 0.1) is 19.0 Å². The summed E-state index contributed by atoms with van der Waals surface area (Å²) in [6.45, 7) is 5.48. The van der Waals surface area contributed by atoms with Gasteiger partial charge >= 0.3 is 13.7 Å². The SMILES string of the molecule is CC(C)OC(=O)[C@H](C)N[P@](=O)(OC[C@H]1O[C@@H](n2cnc3c(NC4CC4)ncnc32)[C@](C)(F)[C@@H]1O)Oc1ccccc1. The number of hydrogen-bond acceptors (Lipinski definition) is 11. The first kappa shape index (κ1) is 29.3. The third kappa shape index (κ3) is 6.52. The quantitative estimate of drug-likeness (QED) is 0.208. The van der Waals surface area contributed by atoms with Gasteiger partial charge in [-0.2, -0.15) is 5.09 Å². The number of aliphatic hydroxyl groups is 1. The number of aromatic nitrogens is 4. The molecule has 1 saturated carbocycles. The van der Waals surface area contributed by atoms with E-state index >= 15 is 4.39 Å². The van der Waals surface area contributed by atoms with Crippen molar-refractivity contribution in [2.75, 3.05) is 11.9 Å². The molecule has 222 valence electrons. The number of imidazole rings is 1. The highest BCUT2D eigenvalue weighted by Gasteiger charge is 2.56. The first-order chi connectivity index (χ1) is 19.5. The smallest absolute Gasteiger partial charge is 0.459 e. The van der Waals surface area contributed by atoms with E-state index in [0.717, 1.165) is 12.8 Å². The Labute approximate surface area is 236 Å². The topological polar surface area (TPSA) is 159 Å². The van der Waals surface area contributed by atoms with Crippen LogP contribution in [-0.4, -0.2) is 73.3 Å². The van der Waals surface area contributed by atoms with Gasteiger partial charge in [0.15, 0.2) is 28.9 Å². The second-order valence-corrected chi connectivity index (χ2v) is 12.3. The third-order valence-corrected chi connectivity index (χ3v) is 8.33. The molecular weight excluding hydrogens is 558 g/mol. The van der Waals surface area contributed by atoms with Crippen LogP contribution in [-0.2, 0) is 23.4 Å². The molecule has 2 aromatic heterocycles. The third-order valence-electron chi connectivity index (χ3n) is 6.68. The summed E-state index contributed by atoms with van der Waals surface area (Å²) in [7, 11) is -4.26. The lowest BCUT2D eigenvalue weighted by Gasteiger charge is -2.25. The molecule has 1 aliphatic heterocycles. The van der Waals surface area contributed by atoms with Crippen LogP contribution in [0.5, 0.6) is 5.75 Å². The van der Waals surface area contributed by atoms with Crippen LogP contribution in [0.1, 0.15) is 46.8 Å². The van der Waals surface area contributed by atoms with Crippen molar-refractivity contribution in [1.29, 1.82) is 0 Å². The zero-order valence-corrected chi connectivity index (χ0v) is 24.0. The van der Waals surface area contributed by atoms with E-state index in [1.54, 1.807) is 44.2 Å². The highest BCUT2D eigenvalue weighted by Crippen LogP contribution is 2.48. The molecule has 0 bridgehead atoms. The van der Waals surface area contributed by atoms with E-state index in [1.807, 2.05) is 0 Å². The van der Waals surface area contributed by atoms with Gasteiger partial charge in [-0.3, -0.25) is 13.9 Å². The molecule has 0 amide bonds. The number of halogens is 1. The minimum absolute atomic E-state index is 0.203. The molecular formula is C26H34FN6O7P. The molecule has 3 heterocycles. The number of fused-ring (bicyclic) bond motifs is 1. The zero-order valence-electron chi connectivity index (χ0n) is 23.1. The molecule has 3 N–H and O–H groups in total. The van der Waals surface area contributed by atoms with Crippen LogP contribution < -0.4 is 14.9 Å². The summed E-state index contributed by atoms with van der Waals surface area (Å²) in [5.74, 6) is 0.0676. The number of esters is 1.